The van der Waals surface area contributed by atoms with Gasteiger partial charge in [0.25, 0.3) is 0 Å². The van der Waals surface area contributed by atoms with Crippen molar-refractivity contribution in [2.45, 2.75) is 26.3 Å². The fourth-order valence-corrected chi connectivity index (χ4v) is 1.24. The van der Waals surface area contributed by atoms with Gasteiger partial charge in [0.2, 0.25) is 5.91 Å². The molecule has 0 saturated heterocycles. The minimum absolute atomic E-state index is 0.0316. The minimum atomic E-state index is -0.513. The van der Waals surface area contributed by atoms with E-state index in [4.69, 9.17) is 5.73 Å². The number of hydrogen-bond acceptors (Lipinski definition) is 3. The summed E-state index contributed by atoms with van der Waals surface area (Å²) in [6.45, 7) is 3.33. The molecule has 0 aliphatic carbocycles. The van der Waals surface area contributed by atoms with Crippen LogP contribution in [0.25, 0.3) is 0 Å². The predicted octanol–water partition coefficient (Wildman–Crippen LogP) is 1.56. The summed E-state index contributed by atoms with van der Waals surface area (Å²) in [4.78, 5) is 22.6. The number of carbonyl (C=O) groups excluding carboxylic acids is 2. The Morgan fingerprint density at radius 2 is 2.12 bits per heavy atom. The van der Waals surface area contributed by atoms with Gasteiger partial charge < -0.3 is 11.1 Å². The van der Waals surface area contributed by atoms with Crippen LogP contribution >= 0.6 is 0 Å². The van der Waals surface area contributed by atoms with Crippen molar-refractivity contribution in [3.05, 3.63) is 29.8 Å². The van der Waals surface area contributed by atoms with Crippen molar-refractivity contribution in [1.82, 2.24) is 0 Å². The number of ketones is 1. The molecule has 1 aromatic carbocycles. The number of benzene rings is 1. The topological polar surface area (TPSA) is 72.2 Å². The van der Waals surface area contributed by atoms with E-state index in [1.807, 2.05) is 6.92 Å². The number of nitrogens with one attached hydrogen (secondary N) is 1. The monoisotopic (exact) mass is 220 g/mol. The van der Waals surface area contributed by atoms with E-state index >= 15 is 0 Å². The lowest BCUT2D eigenvalue weighted by molar-refractivity contribution is -0.117. The molecule has 4 nitrogen and oxygen atoms in total. The van der Waals surface area contributed by atoms with Gasteiger partial charge in [-0.25, -0.2) is 0 Å². The van der Waals surface area contributed by atoms with Gasteiger partial charge in [-0.1, -0.05) is 19.1 Å². The summed E-state index contributed by atoms with van der Waals surface area (Å²) in [6, 6.07) is 6.29. The molecule has 4 heteroatoms. The van der Waals surface area contributed by atoms with Gasteiger partial charge in [0.05, 0.1) is 6.04 Å². The van der Waals surface area contributed by atoms with E-state index < -0.39 is 6.04 Å². The Kier molecular flexibility index (Phi) is 4.19. The normalized spacial score (nSPS) is 11.9. The number of nitrogens with two attached hydrogens (primary N) is 1. The van der Waals surface area contributed by atoms with Crippen molar-refractivity contribution in [3.63, 3.8) is 0 Å². The third kappa shape index (κ3) is 3.17. The van der Waals surface area contributed by atoms with E-state index in [2.05, 4.69) is 5.32 Å². The Morgan fingerprint density at radius 1 is 1.44 bits per heavy atom. The second kappa shape index (κ2) is 5.42. The summed E-state index contributed by atoms with van der Waals surface area (Å²) in [6.07, 6.45) is 0.582. The van der Waals surface area contributed by atoms with Gasteiger partial charge in [0.15, 0.2) is 5.78 Å². The number of carbonyl (C=O) groups is 2. The molecule has 0 aliphatic heterocycles. The average molecular weight is 220 g/mol. The first kappa shape index (κ1) is 12.4. The van der Waals surface area contributed by atoms with E-state index in [0.29, 0.717) is 17.7 Å². The highest BCUT2D eigenvalue weighted by atomic mass is 16.2. The highest BCUT2D eigenvalue weighted by Gasteiger charge is 2.11. The standard InChI is InChI=1S/C12H16N2O2/c1-3-11(13)12(16)14-10-6-4-5-9(7-10)8(2)15/h4-7,11H,3,13H2,1-2H3,(H,14,16). The second-order valence-corrected chi connectivity index (χ2v) is 3.64. The van der Waals surface area contributed by atoms with E-state index in [0.717, 1.165) is 0 Å². The molecule has 1 rings (SSSR count). The van der Waals surface area contributed by atoms with Crippen LogP contribution in [-0.4, -0.2) is 17.7 Å². The predicted molar refractivity (Wildman–Crippen MR) is 63.3 cm³/mol. The van der Waals surface area contributed by atoms with Gasteiger partial charge in [-0.3, -0.25) is 9.59 Å². The zero-order chi connectivity index (χ0) is 12.1. The third-order valence-electron chi connectivity index (χ3n) is 2.31. The fourth-order valence-electron chi connectivity index (χ4n) is 1.24. The van der Waals surface area contributed by atoms with Gasteiger partial charge in [-0.15, -0.1) is 0 Å². The van der Waals surface area contributed by atoms with Crippen molar-refractivity contribution >= 4 is 17.4 Å². The van der Waals surface area contributed by atoms with Crippen LogP contribution in [0.15, 0.2) is 24.3 Å². The maximum absolute atomic E-state index is 11.5. The molecule has 0 aliphatic rings. The molecule has 0 heterocycles. The summed E-state index contributed by atoms with van der Waals surface area (Å²) in [7, 11) is 0. The van der Waals surface area contributed by atoms with Crippen LogP contribution in [-0.2, 0) is 4.79 Å². The first-order chi connectivity index (χ1) is 7.54. The van der Waals surface area contributed by atoms with E-state index in [9.17, 15) is 9.59 Å². The molecule has 0 aromatic heterocycles. The molecule has 0 saturated carbocycles. The number of rotatable bonds is 4. The van der Waals surface area contributed by atoms with Gasteiger partial charge in [-0.05, 0) is 25.5 Å². The first-order valence-electron chi connectivity index (χ1n) is 5.22. The average Bonchev–Trinajstić information content (AvgIpc) is 2.28. The lowest BCUT2D eigenvalue weighted by Crippen LogP contribution is -2.34. The zero-order valence-corrected chi connectivity index (χ0v) is 9.49. The quantitative estimate of drug-likeness (QED) is 0.756. The maximum Gasteiger partial charge on any atom is 0.241 e. The van der Waals surface area contributed by atoms with Gasteiger partial charge in [0.1, 0.15) is 0 Å². The highest BCUT2D eigenvalue weighted by molar-refractivity contribution is 5.98. The molecular weight excluding hydrogens is 204 g/mol. The molecule has 1 amide bonds. The van der Waals surface area contributed by atoms with Gasteiger partial charge >= 0.3 is 0 Å². The highest BCUT2D eigenvalue weighted by Crippen LogP contribution is 2.11. The fraction of sp³-hybridized carbons (Fsp3) is 0.333. The molecule has 0 radical (unpaired) electrons. The van der Waals surface area contributed by atoms with Crippen molar-refractivity contribution in [2.75, 3.05) is 5.32 Å². The number of Topliss-reactive ketones (excluding diaryl/α,β-unsaturated/α-hetero) is 1. The molecule has 16 heavy (non-hydrogen) atoms. The summed E-state index contributed by atoms with van der Waals surface area (Å²) in [5.74, 6) is -0.265. The Bertz CT molecular complexity index is 402. The lowest BCUT2D eigenvalue weighted by Gasteiger charge is -2.10. The van der Waals surface area contributed by atoms with Crippen molar-refractivity contribution in [2.24, 2.45) is 5.73 Å². The Balaban J connectivity index is 2.78. The van der Waals surface area contributed by atoms with Crippen LogP contribution < -0.4 is 11.1 Å². The molecule has 0 bridgehead atoms. The molecule has 0 spiro atoms. The van der Waals surface area contributed by atoms with Crippen LogP contribution in [0.2, 0.25) is 0 Å². The molecule has 3 N–H and O–H groups in total. The smallest absolute Gasteiger partial charge is 0.241 e. The van der Waals surface area contributed by atoms with Crippen LogP contribution in [0.1, 0.15) is 30.6 Å². The van der Waals surface area contributed by atoms with Gasteiger partial charge in [0, 0.05) is 11.3 Å². The molecule has 1 unspecified atom stereocenters. The number of amides is 1. The largest absolute Gasteiger partial charge is 0.325 e. The molecule has 0 fully saturated rings. The summed E-state index contributed by atoms with van der Waals surface area (Å²) in [5, 5.41) is 2.67. The first-order valence-corrected chi connectivity index (χ1v) is 5.22. The number of hydrogen-bond donors (Lipinski definition) is 2. The minimum Gasteiger partial charge on any atom is -0.325 e. The lowest BCUT2D eigenvalue weighted by atomic mass is 10.1. The van der Waals surface area contributed by atoms with Crippen LogP contribution in [0, 0.1) is 0 Å². The van der Waals surface area contributed by atoms with Crippen LogP contribution in [0.4, 0.5) is 5.69 Å². The summed E-state index contributed by atoms with van der Waals surface area (Å²) in [5.41, 5.74) is 6.75. The third-order valence-corrected chi connectivity index (χ3v) is 2.31. The Morgan fingerprint density at radius 3 is 2.69 bits per heavy atom. The zero-order valence-electron chi connectivity index (χ0n) is 9.49. The Hall–Kier alpha value is -1.68. The van der Waals surface area contributed by atoms with Gasteiger partial charge in [-0.2, -0.15) is 0 Å². The number of anilines is 1. The summed E-state index contributed by atoms with van der Waals surface area (Å²) >= 11 is 0. The van der Waals surface area contributed by atoms with E-state index in [-0.39, 0.29) is 11.7 Å². The van der Waals surface area contributed by atoms with Crippen LogP contribution in [0.3, 0.4) is 0 Å². The Labute approximate surface area is 94.8 Å². The second-order valence-electron chi connectivity index (χ2n) is 3.64. The van der Waals surface area contributed by atoms with E-state index in [1.54, 1.807) is 24.3 Å². The SMILES string of the molecule is CCC(N)C(=O)Nc1cccc(C(C)=O)c1. The maximum atomic E-state index is 11.5. The van der Waals surface area contributed by atoms with E-state index in [1.165, 1.54) is 6.92 Å². The molecule has 1 atom stereocenters. The molecule has 86 valence electrons. The molecular formula is C12H16N2O2. The van der Waals surface area contributed by atoms with Crippen molar-refractivity contribution in [1.29, 1.82) is 0 Å². The van der Waals surface area contributed by atoms with Crippen LogP contribution in [0.5, 0.6) is 0 Å². The molecule has 1 aromatic rings. The van der Waals surface area contributed by atoms with Crippen molar-refractivity contribution < 1.29 is 9.59 Å². The van der Waals surface area contributed by atoms with Crippen molar-refractivity contribution in [3.8, 4) is 0 Å². The summed E-state index contributed by atoms with van der Waals surface area (Å²) < 4.78 is 0.